The van der Waals surface area contributed by atoms with Gasteiger partial charge in [0.1, 0.15) is 0 Å². The first-order valence-corrected chi connectivity index (χ1v) is 7.83. The summed E-state index contributed by atoms with van der Waals surface area (Å²) in [5.74, 6) is 0. The van der Waals surface area contributed by atoms with Crippen LogP contribution in [-0.4, -0.2) is 7.05 Å². The summed E-state index contributed by atoms with van der Waals surface area (Å²) in [7, 11) is 1.96. The number of hydrogen-bond acceptors (Lipinski definition) is 2. The van der Waals surface area contributed by atoms with E-state index in [4.69, 9.17) is 23.2 Å². The number of rotatable bonds is 4. The van der Waals surface area contributed by atoms with Crippen LogP contribution >= 0.6 is 50.5 Å². The molecule has 0 fully saturated rings. The van der Waals surface area contributed by atoms with Crippen molar-refractivity contribution in [2.75, 3.05) is 7.05 Å². The van der Waals surface area contributed by atoms with Gasteiger partial charge in [0.05, 0.1) is 9.36 Å². The molecule has 1 heterocycles. The van der Waals surface area contributed by atoms with Crippen molar-refractivity contribution < 1.29 is 0 Å². The van der Waals surface area contributed by atoms with Gasteiger partial charge in [-0.2, -0.15) is 0 Å². The highest BCUT2D eigenvalue weighted by Gasteiger charge is 2.12. The molecule has 0 radical (unpaired) electrons. The van der Waals surface area contributed by atoms with Crippen LogP contribution in [0.3, 0.4) is 0 Å². The normalized spacial score (nSPS) is 12.7. The zero-order valence-corrected chi connectivity index (χ0v) is 13.6. The number of hydrogen-bond donors (Lipinski definition) is 1. The second kappa shape index (κ2) is 6.40. The standard InChI is InChI=1S/C13H12BrCl2NS/c1-17-12(7-9-3-5-13(16)18-9)8-2-4-11(15)10(14)6-8/h2-6,12,17H,7H2,1H3. The van der Waals surface area contributed by atoms with Gasteiger partial charge in [0.25, 0.3) is 0 Å². The molecule has 0 spiro atoms. The van der Waals surface area contributed by atoms with Crippen molar-refractivity contribution in [3.05, 3.63) is 54.6 Å². The number of nitrogens with one attached hydrogen (secondary N) is 1. The quantitative estimate of drug-likeness (QED) is 0.773. The molecule has 1 aromatic heterocycles. The summed E-state index contributed by atoms with van der Waals surface area (Å²) in [6.07, 6.45) is 0.919. The first-order valence-electron chi connectivity index (χ1n) is 5.46. The molecule has 5 heteroatoms. The minimum absolute atomic E-state index is 0.258. The van der Waals surface area contributed by atoms with E-state index in [1.54, 1.807) is 11.3 Å². The predicted molar refractivity (Wildman–Crippen MR) is 84.0 cm³/mol. The molecule has 1 unspecified atom stereocenters. The maximum atomic E-state index is 6.01. The third-order valence-corrected chi connectivity index (χ3v) is 5.20. The molecule has 2 rings (SSSR count). The molecule has 1 aromatic carbocycles. The molecule has 0 amide bonds. The summed E-state index contributed by atoms with van der Waals surface area (Å²) in [5, 5.41) is 4.05. The van der Waals surface area contributed by atoms with Gasteiger partial charge in [0.15, 0.2) is 0 Å². The van der Waals surface area contributed by atoms with E-state index in [-0.39, 0.29) is 6.04 Å². The zero-order chi connectivity index (χ0) is 13.1. The lowest BCUT2D eigenvalue weighted by molar-refractivity contribution is 0.596. The van der Waals surface area contributed by atoms with E-state index in [9.17, 15) is 0 Å². The molecular formula is C13H12BrCl2NS. The molecule has 1 N–H and O–H groups in total. The van der Waals surface area contributed by atoms with Gasteiger partial charge in [0.2, 0.25) is 0 Å². The second-order valence-corrected chi connectivity index (χ2v) is 6.99. The Labute approximate surface area is 129 Å². The van der Waals surface area contributed by atoms with Gasteiger partial charge in [-0.3, -0.25) is 0 Å². The van der Waals surface area contributed by atoms with E-state index < -0.39 is 0 Å². The largest absolute Gasteiger partial charge is 0.313 e. The van der Waals surface area contributed by atoms with E-state index in [0.717, 1.165) is 20.3 Å². The van der Waals surface area contributed by atoms with Crippen molar-refractivity contribution in [2.24, 2.45) is 0 Å². The van der Waals surface area contributed by atoms with Gasteiger partial charge >= 0.3 is 0 Å². The van der Waals surface area contributed by atoms with Crippen LogP contribution in [0, 0.1) is 0 Å². The van der Waals surface area contributed by atoms with Gasteiger partial charge in [0, 0.05) is 21.8 Å². The molecule has 0 saturated heterocycles. The molecule has 0 aliphatic rings. The molecule has 18 heavy (non-hydrogen) atoms. The summed E-state index contributed by atoms with van der Waals surface area (Å²) in [5.41, 5.74) is 1.21. The van der Waals surface area contributed by atoms with E-state index in [2.05, 4.69) is 33.4 Å². The Hall–Kier alpha value is -0.0600. The first kappa shape index (κ1) is 14.4. The molecule has 2 aromatic rings. The number of likely N-dealkylation sites (N-methyl/N-ethyl adjacent to an activating group) is 1. The van der Waals surface area contributed by atoms with Crippen LogP contribution in [0.15, 0.2) is 34.8 Å². The third-order valence-electron chi connectivity index (χ3n) is 2.73. The van der Waals surface area contributed by atoms with Crippen LogP contribution in [-0.2, 0) is 6.42 Å². The van der Waals surface area contributed by atoms with Crippen LogP contribution in [0.1, 0.15) is 16.5 Å². The summed E-state index contributed by atoms with van der Waals surface area (Å²) in [4.78, 5) is 1.27. The number of thiophene rings is 1. The van der Waals surface area contributed by atoms with Crippen LogP contribution in [0.25, 0.3) is 0 Å². The highest BCUT2D eigenvalue weighted by atomic mass is 79.9. The van der Waals surface area contributed by atoms with Crippen LogP contribution in [0.2, 0.25) is 9.36 Å². The summed E-state index contributed by atoms with van der Waals surface area (Å²) < 4.78 is 1.75. The van der Waals surface area contributed by atoms with Crippen LogP contribution in [0.4, 0.5) is 0 Å². The average Bonchev–Trinajstić information content (AvgIpc) is 2.75. The highest BCUT2D eigenvalue weighted by Crippen LogP contribution is 2.30. The maximum Gasteiger partial charge on any atom is 0.0931 e. The van der Waals surface area contributed by atoms with Crippen molar-refractivity contribution in [1.29, 1.82) is 0 Å². The van der Waals surface area contributed by atoms with Crippen LogP contribution < -0.4 is 5.32 Å². The van der Waals surface area contributed by atoms with Crippen molar-refractivity contribution in [3.8, 4) is 0 Å². The van der Waals surface area contributed by atoms with Crippen molar-refractivity contribution in [1.82, 2.24) is 5.32 Å². The Balaban J connectivity index is 2.19. The van der Waals surface area contributed by atoms with Crippen molar-refractivity contribution in [2.45, 2.75) is 12.5 Å². The molecule has 96 valence electrons. The third kappa shape index (κ3) is 3.49. The van der Waals surface area contributed by atoms with E-state index in [0.29, 0.717) is 0 Å². The fourth-order valence-electron chi connectivity index (χ4n) is 1.78. The Morgan fingerprint density at radius 3 is 2.61 bits per heavy atom. The average molecular weight is 365 g/mol. The molecule has 0 aliphatic heterocycles. The molecule has 1 nitrogen and oxygen atoms in total. The van der Waals surface area contributed by atoms with Crippen LogP contribution in [0.5, 0.6) is 0 Å². The van der Waals surface area contributed by atoms with Gasteiger partial charge in [-0.05, 0) is 52.8 Å². The lowest BCUT2D eigenvalue weighted by Crippen LogP contribution is -2.18. The van der Waals surface area contributed by atoms with E-state index in [1.165, 1.54) is 10.4 Å². The van der Waals surface area contributed by atoms with E-state index in [1.807, 2.05) is 25.2 Å². The lowest BCUT2D eigenvalue weighted by atomic mass is 10.0. The first-order chi connectivity index (χ1) is 8.60. The SMILES string of the molecule is CNC(Cc1ccc(Cl)s1)c1ccc(Cl)c(Br)c1. The molecule has 0 bridgehead atoms. The van der Waals surface area contributed by atoms with E-state index >= 15 is 0 Å². The minimum Gasteiger partial charge on any atom is -0.313 e. The molecular weight excluding hydrogens is 353 g/mol. The van der Waals surface area contributed by atoms with Crippen molar-refractivity contribution in [3.63, 3.8) is 0 Å². The van der Waals surface area contributed by atoms with Crippen molar-refractivity contribution >= 4 is 50.5 Å². The Morgan fingerprint density at radius 1 is 1.28 bits per heavy atom. The highest BCUT2D eigenvalue weighted by molar-refractivity contribution is 9.10. The fourth-order valence-corrected chi connectivity index (χ4v) is 3.43. The Morgan fingerprint density at radius 2 is 2.06 bits per heavy atom. The molecule has 0 saturated carbocycles. The maximum absolute atomic E-state index is 6.01. The van der Waals surface area contributed by atoms with Gasteiger partial charge in [-0.15, -0.1) is 11.3 Å². The second-order valence-electron chi connectivity index (χ2n) is 3.92. The Bertz CT molecular complexity index is 542. The number of benzene rings is 1. The minimum atomic E-state index is 0.258. The fraction of sp³-hybridized carbons (Fsp3) is 0.231. The lowest BCUT2D eigenvalue weighted by Gasteiger charge is -2.16. The smallest absolute Gasteiger partial charge is 0.0931 e. The number of halogens is 3. The summed E-state index contributed by atoms with van der Waals surface area (Å²) in [6.45, 7) is 0. The molecule has 0 aliphatic carbocycles. The predicted octanol–water partition coefficient (Wildman–Crippen LogP) is 5.32. The summed E-state index contributed by atoms with van der Waals surface area (Å²) in [6, 6.07) is 10.3. The van der Waals surface area contributed by atoms with Gasteiger partial charge in [-0.1, -0.05) is 29.3 Å². The topological polar surface area (TPSA) is 12.0 Å². The van der Waals surface area contributed by atoms with Gasteiger partial charge in [-0.25, -0.2) is 0 Å². The van der Waals surface area contributed by atoms with Gasteiger partial charge < -0.3 is 5.32 Å². The summed E-state index contributed by atoms with van der Waals surface area (Å²) >= 11 is 17.0. The monoisotopic (exact) mass is 363 g/mol. The Kier molecular flexibility index (Phi) is 5.10. The molecule has 1 atom stereocenters. The zero-order valence-electron chi connectivity index (χ0n) is 9.71.